The van der Waals surface area contributed by atoms with Crippen LogP contribution in [0.4, 0.5) is 5.69 Å². The molecule has 2 rings (SSSR count). The maximum Gasteiger partial charge on any atom is 0.257 e. The first-order valence-electron chi connectivity index (χ1n) is 8.97. The van der Waals surface area contributed by atoms with Crippen LogP contribution in [0.25, 0.3) is 0 Å². The number of anilines is 1. The summed E-state index contributed by atoms with van der Waals surface area (Å²) in [6, 6.07) is 12.9. The maximum absolute atomic E-state index is 12.1. The minimum Gasteiger partial charge on any atom is -0.493 e. The number of carbonyl (C=O) groups is 2. The Kier molecular flexibility index (Phi) is 7.67. The van der Waals surface area contributed by atoms with E-state index in [1.807, 2.05) is 32.9 Å². The van der Waals surface area contributed by atoms with Gasteiger partial charge in [-0.25, -0.2) is 0 Å². The molecule has 6 nitrogen and oxygen atoms in total. The average Bonchev–Trinajstić information content (AvgIpc) is 2.60. The van der Waals surface area contributed by atoms with Crippen LogP contribution in [-0.4, -0.2) is 31.6 Å². The van der Waals surface area contributed by atoms with E-state index in [2.05, 4.69) is 16.7 Å². The molecule has 0 aromatic heterocycles. The summed E-state index contributed by atoms with van der Waals surface area (Å²) in [5.41, 5.74) is 2.86. The lowest BCUT2D eigenvalue weighted by atomic mass is 10.1. The Morgan fingerprint density at radius 2 is 1.67 bits per heavy atom. The lowest BCUT2D eigenvalue weighted by Gasteiger charge is -2.10. The molecule has 0 atom stereocenters. The summed E-state index contributed by atoms with van der Waals surface area (Å²) in [7, 11) is 0. The van der Waals surface area contributed by atoms with Crippen LogP contribution in [-0.2, 0) is 9.59 Å². The van der Waals surface area contributed by atoms with E-state index in [0.29, 0.717) is 24.6 Å². The van der Waals surface area contributed by atoms with Gasteiger partial charge < -0.3 is 20.1 Å². The first-order chi connectivity index (χ1) is 13.0. The predicted octanol–water partition coefficient (Wildman–Crippen LogP) is 3.23. The minimum atomic E-state index is -0.185. The van der Waals surface area contributed by atoms with E-state index in [0.717, 1.165) is 16.9 Å². The predicted molar refractivity (Wildman–Crippen MR) is 105 cm³/mol. The first kappa shape index (κ1) is 20.3. The number of benzene rings is 2. The van der Waals surface area contributed by atoms with Gasteiger partial charge in [-0.05, 0) is 56.2 Å². The molecule has 0 aliphatic heterocycles. The molecule has 0 unspecified atom stereocenters. The first-order valence-corrected chi connectivity index (χ1v) is 8.97. The zero-order valence-electron chi connectivity index (χ0n) is 16.0. The van der Waals surface area contributed by atoms with Crippen LogP contribution < -0.4 is 20.1 Å². The number of hydrogen-bond donors (Lipinski definition) is 2. The van der Waals surface area contributed by atoms with E-state index < -0.39 is 0 Å². The summed E-state index contributed by atoms with van der Waals surface area (Å²) in [6.45, 7) is 6.65. The minimum absolute atomic E-state index is 0.0605. The fourth-order valence-electron chi connectivity index (χ4n) is 2.56. The number of carbonyl (C=O) groups excluding carboxylic acids is 2. The average molecular weight is 370 g/mol. The van der Waals surface area contributed by atoms with Gasteiger partial charge in [0.15, 0.2) is 6.61 Å². The molecule has 0 saturated heterocycles. The molecule has 2 N–H and O–H groups in total. The highest BCUT2D eigenvalue weighted by Gasteiger charge is 2.06. The van der Waals surface area contributed by atoms with E-state index in [1.54, 1.807) is 24.3 Å². The zero-order chi connectivity index (χ0) is 19.6. The van der Waals surface area contributed by atoms with Gasteiger partial charge in [0.05, 0.1) is 13.0 Å². The van der Waals surface area contributed by atoms with Crippen molar-refractivity contribution in [3.05, 3.63) is 53.6 Å². The molecular weight excluding hydrogens is 344 g/mol. The number of nitrogens with one attached hydrogen (secondary N) is 2. The standard InChI is InChI=1S/C21H26N2O4/c1-4-22-21(25)14-27-18-7-5-6-17(13-18)23-20(24)8-9-26-19-11-15(2)10-16(3)12-19/h5-7,10-13H,4,8-9,14H2,1-3H3,(H,22,25)(H,23,24). The lowest BCUT2D eigenvalue weighted by Crippen LogP contribution is -2.28. The molecule has 0 fully saturated rings. The molecule has 27 heavy (non-hydrogen) atoms. The number of amides is 2. The summed E-state index contributed by atoms with van der Waals surface area (Å²) in [6.07, 6.45) is 0.233. The molecule has 2 amide bonds. The summed E-state index contributed by atoms with van der Waals surface area (Å²) in [5.74, 6) is 0.947. The van der Waals surface area contributed by atoms with Crippen molar-refractivity contribution in [3.8, 4) is 11.5 Å². The quantitative estimate of drug-likeness (QED) is 0.711. The second-order valence-electron chi connectivity index (χ2n) is 6.24. The molecule has 0 heterocycles. The third-order valence-electron chi connectivity index (χ3n) is 3.65. The van der Waals surface area contributed by atoms with Gasteiger partial charge in [0, 0.05) is 18.3 Å². The molecule has 0 aliphatic rings. The monoisotopic (exact) mass is 370 g/mol. The summed E-state index contributed by atoms with van der Waals surface area (Å²) in [5, 5.41) is 5.46. The van der Waals surface area contributed by atoms with Crippen molar-refractivity contribution in [2.75, 3.05) is 25.1 Å². The van der Waals surface area contributed by atoms with Crippen molar-refractivity contribution in [1.82, 2.24) is 5.32 Å². The zero-order valence-corrected chi connectivity index (χ0v) is 16.0. The van der Waals surface area contributed by atoms with Crippen LogP contribution >= 0.6 is 0 Å². The molecule has 2 aromatic carbocycles. The van der Waals surface area contributed by atoms with Crippen molar-refractivity contribution >= 4 is 17.5 Å². The van der Waals surface area contributed by atoms with Gasteiger partial charge in [0.1, 0.15) is 11.5 Å². The van der Waals surface area contributed by atoms with Crippen LogP contribution in [0.15, 0.2) is 42.5 Å². The fraction of sp³-hybridized carbons (Fsp3) is 0.333. The molecule has 0 saturated carbocycles. The van der Waals surface area contributed by atoms with E-state index in [-0.39, 0.29) is 24.8 Å². The van der Waals surface area contributed by atoms with Crippen molar-refractivity contribution < 1.29 is 19.1 Å². The van der Waals surface area contributed by atoms with E-state index in [1.165, 1.54) is 0 Å². The molecule has 0 radical (unpaired) electrons. The maximum atomic E-state index is 12.1. The van der Waals surface area contributed by atoms with E-state index in [9.17, 15) is 9.59 Å². The summed E-state index contributed by atoms with van der Waals surface area (Å²) >= 11 is 0. The van der Waals surface area contributed by atoms with Gasteiger partial charge in [-0.2, -0.15) is 0 Å². The summed E-state index contributed by atoms with van der Waals surface area (Å²) in [4.78, 5) is 23.5. The molecule has 6 heteroatoms. The molecule has 144 valence electrons. The second kappa shape index (κ2) is 10.2. The number of rotatable bonds is 9. The third kappa shape index (κ3) is 7.40. The van der Waals surface area contributed by atoms with Crippen LogP contribution in [0.1, 0.15) is 24.5 Å². The Labute approximate surface area is 159 Å². The normalized spacial score (nSPS) is 10.2. The number of ether oxygens (including phenoxy) is 2. The fourth-order valence-corrected chi connectivity index (χ4v) is 2.56. The van der Waals surface area contributed by atoms with Gasteiger partial charge in [0.25, 0.3) is 5.91 Å². The van der Waals surface area contributed by atoms with Crippen LogP contribution in [0.3, 0.4) is 0 Å². The Bertz CT molecular complexity index is 769. The Balaban J connectivity index is 1.79. The SMILES string of the molecule is CCNC(=O)COc1cccc(NC(=O)CCOc2cc(C)cc(C)c2)c1. The second-order valence-corrected chi connectivity index (χ2v) is 6.24. The number of likely N-dealkylation sites (N-methyl/N-ethyl adjacent to an activating group) is 1. The Morgan fingerprint density at radius 3 is 2.37 bits per heavy atom. The smallest absolute Gasteiger partial charge is 0.257 e. The molecule has 0 spiro atoms. The molecule has 2 aromatic rings. The topological polar surface area (TPSA) is 76.7 Å². The van der Waals surface area contributed by atoms with Crippen LogP contribution in [0.2, 0.25) is 0 Å². The van der Waals surface area contributed by atoms with E-state index in [4.69, 9.17) is 9.47 Å². The Hall–Kier alpha value is -3.02. The Morgan fingerprint density at radius 1 is 0.926 bits per heavy atom. The van der Waals surface area contributed by atoms with Gasteiger partial charge in [-0.1, -0.05) is 12.1 Å². The lowest BCUT2D eigenvalue weighted by molar-refractivity contribution is -0.123. The van der Waals surface area contributed by atoms with E-state index >= 15 is 0 Å². The summed E-state index contributed by atoms with van der Waals surface area (Å²) < 4.78 is 11.1. The molecular formula is C21H26N2O4. The molecule has 0 aliphatic carbocycles. The largest absolute Gasteiger partial charge is 0.493 e. The van der Waals surface area contributed by atoms with Crippen molar-refractivity contribution in [1.29, 1.82) is 0 Å². The molecule has 0 bridgehead atoms. The van der Waals surface area contributed by atoms with Crippen molar-refractivity contribution in [3.63, 3.8) is 0 Å². The highest BCUT2D eigenvalue weighted by Crippen LogP contribution is 2.18. The highest BCUT2D eigenvalue weighted by atomic mass is 16.5. The van der Waals surface area contributed by atoms with Gasteiger partial charge in [-0.15, -0.1) is 0 Å². The third-order valence-corrected chi connectivity index (χ3v) is 3.65. The van der Waals surface area contributed by atoms with Crippen molar-refractivity contribution in [2.45, 2.75) is 27.2 Å². The number of hydrogen-bond acceptors (Lipinski definition) is 4. The van der Waals surface area contributed by atoms with Gasteiger partial charge >= 0.3 is 0 Å². The highest BCUT2D eigenvalue weighted by molar-refractivity contribution is 5.91. The van der Waals surface area contributed by atoms with Gasteiger partial charge in [-0.3, -0.25) is 9.59 Å². The van der Waals surface area contributed by atoms with Gasteiger partial charge in [0.2, 0.25) is 5.91 Å². The number of aryl methyl sites for hydroxylation is 2. The van der Waals surface area contributed by atoms with Crippen molar-refractivity contribution in [2.24, 2.45) is 0 Å². The van der Waals surface area contributed by atoms with Crippen LogP contribution in [0, 0.1) is 13.8 Å². The van der Waals surface area contributed by atoms with Crippen LogP contribution in [0.5, 0.6) is 11.5 Å².